The van der Waals surface area contributed by atoms with Crippen molar-refractivity contribution in [3.63, 3.8) is 0 Å². The van der Waals surface area contributed by atoms with Gasteiger partial charge < -0.3 is 4.90 Å². The second kappa shape index (κ2) is 12.3. The Balaban J connectivity index is 0. The smallest absolute Gasteiger partial charge is 0.303 e. The molecule has 184 valence electrons. The van der Waals surface area contributed by atoms with Crippen molar-refractivity contribution in [3.8, 4) is 0 Å². The van der Waals surface area contributed by atoms with E-state index in [0.717, 1.165) is 0 Å². The summed E-state index contributed by atoms with van der Waals surface area (Å²) in [6.45, 7) is 10.8. The maximum Gasteiger partial charge on any atom is 0.460 e. The first kappa shape index (κ1) is 31.4. The summed E-state index contributed by atoms with van der Waals surface area (Å²) in [5, 5.41) is -7.00. The highest BCUT2D eigenvalue weighted by atomic mass is 32.2. The molecule has 4 nitrogen and oxygen atoms in total. The number of unbranched alkanes of at least 4 members (excludes halogenated alkanes) is 3. The van der Waals surface area contributed by atoms with Crippen LogP contribution in [0.1, 0.15) is 59.3 Å². The molecule has 0 aliphatic carbocycles. The second-order valence-electron chi connectivity index (χ2n) is 6.54. The van der Waals surface area contributed by atoms with Crippen LogP contribution in [0.25, 0.3) is 0 Å². The van der Waals surface area contributed by atoms with Gasteiger partial charge in [-0.05, 0) is 38.9 Å². The van der Waals surface area contributed by atoms with Gasteiger partial charge in [-0.15, -0.1) is 0 Å². The molecule has 0 amide bonds. The predicted molar refractivity (Wildman–Crippen MR) is 93.6 cm³/mol. The minimum Gasteiger partial charge on any atom is -0.303 e. The van der Waals surface area contributed by atoms with E-state index in [1.54, 1.807) is 0 Å². The molecule has 0 atom stereocenters. The summed E-state index contributed by atoms with van der Waals surface area (Å²) in [5.74, 6) is -14.7. The SMILES string of the molecule is CCCCN(CCCC)CCCC.O=S(=O)(O)C(F)(F)C(F)(F)C(F)(F)C(F)(F)F. The number of rotatable bonds is 12. The van der Waals surface area contributed by atoms with Crippen LogP contribution in [0, 0.1) is 0 Å². The Morgan fingerprint density at radius 1 is 0.667 bits per heavy atom. The van der Waals surface area contributed by atoms with Gasteiger partial charge >= 0.3 is 33.4 Å². The highest BCUT2D eigenvalue weighted by molar-refractivity contribution is 7.87. The van der Waals surface area contributed by atoms with Crippen LogP contribution in [0.5, 0.6) is 0 Å². The summed E-state index contributed by atoms with van der Waals surface area (Å²) in [5.41, 5.74) is 0. The van der Waals surface area contributed by atoms with E-state index in [4.69, 9.17) is 4.55 Å². The molecule has 0 aromatic carbocycles. The zero-order valence-corrected chi connectivity index (χ0v) is 17.7. The fraction of sp³-hybridized carbons (Fsp3) is 1.00. The third kappa shape index (κ3) is 8.40. The van der Waals surface area contributed by atoms with Crippen molar-refractivity contribution in [3.05, 3.63) is 0 Å². The van der Waals surface area contributed by atoms with Gasteiger partial charge in [-0.3, -0.25) is 4.55 Å². The van der Waals surface area contributed by atoms with Crippen molar-refractivity contribution in [1.29, 1.82) is 0 Å². The average molecular weight is 485 g/mol. The van der Waals surface area contributed by atoms with E-state index < -0.39 is 33.4 Å². The van der Waals surface area contributed by atoms with Crippen LogP contribution in [0.4, 0.5) is 39.5 Å². The molecule has 0 rings (SSSR count). The van der Waals surface area contributed by atoms with Gasteiger partial charge in [-0.25, -0.2) is 0 Å². The van der Waals surface area contributed by atoms with Gasteiger partial charge in [0.2, 0.25) is 0 Å². The van der Waals surface area contributed by atoms with Gasteiger partial charge in [-0.2, -0.15) is 47.9 Å². The Morgan fingerprint density at radius 2 is 0.967 bits per heavy atom. The Hall–Kier alpha value is -0.760. The first-order valence-corrected chi connectivity index (χ1v) is 10.7. The molecule has 0 saturated carbocycles. The first-order valence-electron chi connectivity index (χ1n) is 9.24. The lowest BCUT2D eigenvalue weighted by Crippen LogP contribution is -2.63. The summed E-state index contributed by atoms with van der Waals surface area (Å²) in [6, 6.07) is 0. The van der Waals surface area contributed by atoms with Crippen LogP contribution in [0.2, 0.25) is 0 Å². The van der Waals surface area contributed by atoms with Crippen molar-refractivity contribution in [2.24, 2.45) is 0 Å². The highest BCUT2D eigenvalue weighted by Crippen LogP contribution is 2.54. The molecule has 0 bridgehead atoms. The molecule has 0 radical (unpaired) electrons. The monoisotopic (exact) mass is 485 g/mol. The molecule has 14 heteroatoms. The zero-order chi connectivity index (χ0) is 24.4. The van der Waals surface area contributed by atoms with Crippen LogP contribution in [0.3, 0.4) is 0 Å². The Kier molecular flexibility index (Phi) is 12.9. The van der Waals surface area contributed by atoms with Crippen molar-refractivity contribution < 1.29 is 52.5 Å². The van der Waals surface area contributed by atoms with Gasteiger partial charge in [0.1, 0.15) is 0 Å². The molecule has 0 aromatic rings. The number of hydrogen-bond donors (Lipinski definition) is 1. The zero-order valence-electron chi connectivity index (χ0n) is 16.9. The van der Waals surface area contributed by atoms with Crippen LogP contribution in [-0.4, -0.2) is 60.8 Å². The Morgan fingerprint density at radius 3 is 1.17 bits per heavy atom. The van der Waals surface area contributed by atoms with E-state index in [1.165, 1.54) is 58.2 Å². The van der Waals surface area contributed by atoms with E-state index in [9.17, 15) is 47.9 Å². The minimum atomic E-state index is -7.37. The van der Waals surface area contributed by atoms with Crippen LogP contribution >= 0.6 is 0 Å². The third-order valence-corrected chi connectivity index (χ3v) is 4.83. The lowest BCUT2D eigenvalue weighted by molar-refractivity contribution is -0.382. The molecule has 0 spiro atoms. The molecule has 0 fully saturated rings. The maximum absolute atomic E-state index is 12.2. The van der Waals surface area contributed by atoms with Crippen LogP contribution in [0.15, 0.2) is 0 Å². The van der Waals surface area contributed by atoms with Crippen molar-refractivity contribution in [2.45, 2.75) is 82.6 Å². The summed E-state index contributed by atoms with van der Waals surface area (Å²) in [4.78, 5) is 2.64. The summed E-state index contributed by atoms with van der Waals surface area (Å²) >= 11 is 0. The van der Waals surface area contributed by atoms with E-state index >= 15 is 0 Å². The van der Waals surface area contributed by atoms with Crippen molar-refractivity contribution in [2.75, 3.05) is 19.6 Å². The molecule has 0 heterocycles. The molecule has 1 N–H and O–H groups in total. The molecular weight excluding hydrogens is 457 g/mol. The number of nitrogens with zero attached hydrogens (tertiary/aromatic N) is 1. The molecule has 0 saturated heterocycles. The second-order valence-corrected chi connectivity index (χ2v) is 8.00. The van der Waals surface area contributed by atoms with Crippen LogP contribution < -0.4 is 0 Å². The molecule has 0 aliphatic heterocycles. The van der Waals surface area contributed by atoms with Gasteiger partial charge in [0.05, 0.1) is 0 Å². The molecule has 0 unspecified atom stereocenters. The van der Waals surface area contributed by atoms with Crippen molar-refractivity contribution in [1.82, 2.24) is 4.90 Å². The molecule has 30 heavy (non-hydrogen) atoms. The van der Waals surface area contributed by atoms with Crippen molar-refractivity contribution >= 4 is 10.1 Å². The standard InChI is InChI=1S/C12H27N.C4HF9O3S/c1-4-7-10-13(11-8-5-2)12-9-6-3;5-1(6,3(9,10)11)2(7,8)4(12,13)17(14,15)16/h4-12H2,1-3H3;(H,14,15,16). The van der Waals surface area contributed by atoms with Gasteiger partial charge in [0.15, 0.2) is 0 Å². The first-order chi connectivity index (χ1) is 13.3. The highest BCUT2D eigenvalue weighted by Gasteiger charge is 2.85. The number of hydrogen-bond acceptors (Lipinski definition) is 3. The van der Waals surface area contributed by atoms with E-state index in [-0.39, 0.29) is 0 Å². The van der Waals surface area contributed by atoms with E-state index in [2.05, 4.69) is 25.7 Å². The molecule has 0 aromatic heterocycles. The Bertz CT molecular complexity index is 562. The fourth-order valence-electron chi connectivity index (χ4n) is 2.00. The van der Waals surface area contributed by atoms with Crippen LogP contribution in [-0.2, 0) is 10.1 Å². The molecule has 0 aliphatic rings. The third-order valence-electron chi connectivity index (χ3n) is 3.92. The topological polar surface area (TPSA) is 57.6 Å². The van der Waals surface area contributed by atoms with E-state index in [1.807, 2.05) is 0 Å². The normalized spacial score (nSPS) is 13.9. The summed E-state index contributed by atoms with van der Waals surface area (Å²) in [6.07, 6.45) is 0.956. The number of alkyl halides is 9. The lowest BCUT2D eigenvalue weighted by atomic mass is 10.1. The lowest BCUT2D eigenvalue weighted by Gasteiger charge is -2.31. The Labute approximate surface area is 170 Å². The van der Waals surface area contributed by atoms with Gasteiger partial charge in [0, 0.05) is 0 Å². The largest absolute Gasteiger partial charge is 0.460 e. The predicted octanol–water partition coefficient (Wildman–Crippen LogP) is 5.99. The number of halogens is 9. The quantitative estimate of drug-likeness (QED) is 0.273. The summed E-state index contributed by atoms with van der Waals surface area (Å²) in [7, 11) is -7.17. The average Bonchev–Trinajstić information content (AvgIpc) is 2.59. The summed E-state index contributed by atoms with van der Waals surface area (Å²) < 4.78 is 134. The van der Waals surface area contributed by atoms with Gasteiger partial charge in [-0.1, -0.05) is 40.0 Å². The van der Waals surface area contributed by atoms with E-state index in [0.29, 0.717) is 0 Å². The fourth-order valence-corrected chi connectivity index (χ4v) is 2.46. The minimum absolute atomic E-state index is 1.32. The van der Waals surface area contributed by atoms with Gasteiger partial charge in [0.25, 0.3) is 0 Å². The maximum atomic E-state index is 12.2. The molecular formula is C16H28F9NO3S.